The van der Waals surface area contributed by atoms with Gasteiger partial charge in [0.1, 0.15) is 17.4 Å². The SMILES string of the molecule is Cn1c2c(c(O)c(N(C(=O)NCCC(=O)O)c3cccc(-c4ccc(F)cc4F)c3)c1=O)CCC2. The molecule has 0 saturated carbocycles. The number of nitrogens with one attached hydrogen (secondary N) is 1. The molecule has 4 rings (SSSR count). The van der Waals surface area contributed by atoms with Crippen LogP contribution < -0.4 is 15.8 Å². The van der Waals surface area contributed by atoms with Crippen molar-refractivity contribution in [1.82, 2.24) is 9.88 Å². The molecular formula is C25H23F2N3O5. The first-order chi connectivity index (χ1) is 16.7. The second-order valence-electron chi connectivity index (χ2n) is 8.23. The van der Waals surface area contributed by atoms with Gasteiger partial charge in [0.15, 0.2) is 5.69 Å². The van der Waals surface area contributed by atoms with Gasteiger partial charge in [0, 0.05) is 36.5 Å². The number of urea groups is 1. The smallest absolute Gasteiger partial charge is 0.326 e. The molecule has 10 heteroatoms. The number of carbonyl (C=O) groups excluding carboxylic acids is 1. The summed E-state index contributed by atoms with van der Waals surface area (Å²) in [7, 11) is 1.56. The number of nitrogens with zero attached hydrogens (tertiary/aromatic N) is 2. The van der Waals surface area contributed by atoms with E-state index in [0.717, 1.165) is 23.5 Å². The number of halogens is 2. The molecule has 35 heavy (non-hydrogen) atoms. The topological polar surface area (TPSA) is 112 Å². The van der Waals surface area contributed by atoms with E-state index in [1.54, 1.807) is 13.1 Å². The van der Waals surface area contributed by atoms with Crippen molar-refractivity contribution in [2.45, 2.75) is 25.7 Å². The fraction of sp³-hybridized carbons (Fsp3) is 0.240. The minimum Gasteiger partial charge on any atom is -0.505 e. The highest BCUT2D eigenvalue weighted by atomic mass is 19.1. The van der Waals surface area contributed by atoms with Crippen LogP contribution >= 0.6 is 0 Å². The molecule has 0 saturated heterocycles. The van der Waals surface area contributed by atoms with Crippen LogP contribution in [0.1, 0.15) is 24.1 Å². The number of carboxylic acids is 1. The predicted molar refractivity (Wildman–Crippen MR) is 125 cm³/mol. The van der Waals surface area contributed by atoms with Gasteiger partial charge in [-0.25, -0.2) is 13.6 Å². The number of hydrogen-bond acceptors (Lipinski definition) is 4. The molecule has 182 valence electrons. The van der Waals surface area contributed by atoms with E-state index in [0.29, 0.717) is 29.7 Å². The normalized spacial score (nSPS) is 12.3. The van der Waals surface area contributed by atoms with E-state index in [1.807, 2.05) is 0 Å². The summed E-state index contributed by atoms with van der Waals surface area (Å²) in [4.78, 5) is 38.4. The van der Waals surface area contributed by atoms with Gasteiger partial charge in [0.25, 0.3) is 5.56 Å². The number of aromatic hydroxyl groups is 1. The minimum absolute atomic E-state index is 0.0746. The first kappa shape index (κ1) is 23.9. The molecule has 0 aliphatic heterocycles. The number of amides is 2. The van der Waals surface area contributed by atoms with Crippen molar-refractivity contribution in [3.8, 4) is 16.9 Å². The van der Waals surface area contributed by atoms with Crippen LogP contribution in [0.25, 0.3) is 11.1 Å². The van der Waals surface area contributed by atoms with Gasteiger partial charge in [0.2, 0.25) is 0 Å². The van der Waals surface area contributed by atoms with Crippen LogP contribution in [0.4, 0.5) is 25.0 Å². The number of pyridine rings is 1. The minimum atomic E-state index is -1.12. The lowest BCUT2D eigenvalue weighted by atomic mass is 10.0. The Hall–Kier alpha value is -4.21. The van der Waals surface area contributed by atoms with Crippen molar-refractivity contribution in [2.24, 2.45) is 7.05 Å². The van der Waals surface area contributed by atoms with Crippen LogP contribution in [0.5, 0.6) is 5.75 Å². The molecular weight excluding hydrogens is 460 g/mol. The second kappa shape index (κ2) is 9.57. The maximum absolute atomic E-state index is 14.4. The summed E-state index contributed by atoms with van der Waals surface area (Å²) in [6.45, 7) is -0.219. The summed E-state index contributed by atoms with van der Waals surface area (Å²) in [6, 6.07) is 8.26. The first-order valence-corrected chi connectivity index (χ1v) is 11.0. The number of hydrogen-bond donors (Lipinski definition) is 3. The van der Waals surface area contributed by atoms with Crippen LogP contribution in [0.15, 0.2) is 47.3 Å². The van der Waals surface area contributed by atoms with E-state index in [9.17, 15) is 28.3 Å². The molecule has 0 radical (unpaired) electrons. The van der Waals surface area contributed by atoms with E-state index in [-0.39, 0.29) is 35.7 Å². The molecule has 0 bridgehead atoms. The zero-order valence-electron chi connectivity index (χ0n) is 18.8. The number of aromatic nitrogens is 1. The predicted octanol–water partition coefficient (Wildman–Crippen LogP) is 3.85. The Labute approximate surface area is 199 Å². The first-order valence-electron chi connectivity index (χ1n) is 11.0. The molecule has 3 aromatic rings. The molecule has 0 atom stereocenters. The van der Waals surface area contributed by atoms with Crippen molar-refractivity contribution in [1.29, 1.82) is 0 Å². The summed E-state index contributed by atoms with van der Waals surface area (Å²) in [5, 5.41) is 22.4. The van der Waals surface area contributed by atoms with Crippen LogP contribution in [0, 0.1) is 11.6 Å². The number of rotatable bonds is 6. The quantitative estimate of drug-likeness (QED) is 0.493. The van der Waals surface area contributed by atoms with Gasteiger partial charge in [-0.05, 0) is 49.1 Å². The van der Waals surface area contributed by atoms with Gasteiger partial charge in [-0.15, -0.1) is 0 Å². The molecule has 1 aromatic heterocycles. The molecule has 1 aliphatic carbocycles. The number of benzene rings is 2. The zero-order valence-corrected chi connectivity index (χ0v) is 18.8. The Balaban J connectivity index is 1.86. The van der Waals surface area contributed by atoms with E-state index in [4.69, 9.17) is 5.11 Å². The number of fused-ring (bicyclic) bond motifs is 1. The largest absolute Gasteiger partial charge is 0.505 e. The van der Waals surface area contributed by atoms with Crippen molar-refractivity contribution >= 4 is 23.4 Å². The third kappa shape index (κ3) is 4.59. The summed E-state index contributed by atoms with van der Waals surface area (Å²) in [5.41, 5.74) is 0.846. The van der Waals surface area contributed by atoms with Gasteiger partial charge < -0.3 is 20.1 Å². The number of anilines is 2. The molecule has 2 amide bonds. The lowest BCUT2D eigenvalue weighted by Gasteiger charge is -2.26. The number of carboxylic acid groups (broad SMARTS) is 1. The highest BCUT2D eigenvalue weighted by molar-refractivity contribution is 6.01. The van der Waals surface area contributed by atoms with Gasteiger partial charge >= 0.3 is 12.0 Å². The Bertz CT molecular complexity index is 1390. The van der Waals surface area contributed by atoms with E-state index in [1.165, 1.54) is 28.8 Å². The second-order valence-corrected chi connectivity index (χ2v) is 8.23. The molecule has 1 aliphatic rings. The highest BCUT2D eigenvalue weighted by Crippen LogP contribution is 2.39. The number of aliphatic carboxylic acids is 1. The van der Waals surface area contributed by atoms with E-state index < -0.39 is 29.2 Å². The molecule has 2 aromatic carbocycles. The van der Waals surface area contributed by atoms with Gasteiger partial charge in [-0.2, -0.15) is 0 Å². The Morgan fingerprint density at radius 3 is 2.63 bits per heavy atom. The Morgan fingerprint density at radius 2 is 1.91 bits per heavy atom. The van der Waals surface area contributed by atoms with Crippen molar-refractivity contribution in [3.05, 3.63) is 75.7 Å². The maximum Gasteiger partial charge on any atom is 0.326 e. The van der Waals surface area contributed by atoms with E-state index in [2.05, 4.69) is 5.32 Å². The highest BCUT2D eigenvalue weighted by Gasteiger charge is 2.30. The molecule has 3 N–H and O–H groups in total. The Kier molecular flexibility index (Phi) is 6.54. The lowest BCUT2D eigenvalue weighted by Crippen LogP contribution is -2.41. The molecule has 0 spiro atoms. The zero-order chi connectivity index (χ0) is 25.3. The average Bonchev–Trinajstić information content (AvgIpc) is 3.30. The van der Waals surface area contributed by atoms with Crippen LogP contribution in [0.3, 0.4) is 0 Å². The summed E-state index contributed by atoms with van der Waals surface area (Å²) in [5.74, 6) is -3.00. The average molecular weight is 483 g/mol. The van der Waals surface area contributed by atoms with Crippen LogP contribution in [-0.4, -0.2) is 33.3 Å². The standard InChI is InChI=1S/C25H23F2N3O5/c1-29-20-7-3-6-18(20)23(33)22(24(29)34)30(25(35)28-11-10-21(31)32)16-5-2-4-14(12-16)17-9-8-15(26)13-19(17)27/h2,4-5,8-9,12-13,33H,3,6-7,10-11H2,1H3,(H,28,35)(H,31,32). The summed E-state index contributed by atoms with van der Waals surface area (Å²) < 4.78 is 29.2. The fourth-order valence-electron chi connectivity index (χ4n) is 4.32. The van der Waals surface area contributed by atoms with Gasteiger partial charge in [-0.1, -0.05) is 12.1 Å². The monoisotopic (exact) mass is 483 g/mol. The third-order valence-corrected chi connectivity index (χ3v) is 6.00. The molecule has 1 heterocycles. The van der Waals surface area contributed by atoms with Crippen LogP contribution in [-0.2, 0) is 24.7 Å². The maximum atomic E-state index is 14.4. The lowest BCUT2D eigenvalue weighted by molar-refractivity contribution is -0.136. The van der Waals surface area contributed by atoms with Gasteiger partial charge in [0.05, 0.1) is 12.1 Å². The van der Waals surface area contributed by atoms with Crippen molar-refractivity contribution < 1.29 is 28.6 Å². The Morgan fingerprint density at radius 1 is 1.14 bits per heavy atom. The molecule has 8 nitrogen and oxygen atoms in total. The van der Waals surface area contributed by atoms with Crippen molar-refractivity contribution in [3.63, 3.8) is 0 Å². The number of carbonyl (C=O) groups is 2. The fourth-order valence-corrected chi connectivity index (χ4v) is 4.32. The van der Waals surface area contributed by atoms with E-state index >= 15 is 0 Å². The summed E-state index contributed by atoms with van der Waals surface area (Å²) >= 11 is 0. The van der Waals surface area contributed by atoms with Crippen LogP contribution in [0.2, 0.25) is 0 Å². The summed E-state index contributed by atoms with van der Waals surface area (Å²) in [6.07, 6.45) is 1.52. The van der Waals surface area contributed by atoms with Gasteiger partial charge in [-0.3, -0.25) is 14.5 Å². The molecule has 0 unspecified atom stereocenters. The van der Waals surface area contributed by atoms with Crippen molar-refractivity contribution in [2.75, 3.05) is 11.4 Å². The molecule has 0 fully saturated rings. The third-order valence-electron chi connectivity index (χ3n) is 6.00.